The molecular formula is C15H17N3O. The second kappa shape index (κ2) is 5.52. The van der Waals surface area contributed by atoms with Gasteiger partial charge < -0.3 is 10.2 Å². The smallest absolute Gasteiger partial charge is 0.274 e. The van der Waals surface area contributed by atoms with Crippen LogP contribution in [-0.4, -0.2) is 25.0 Å². The molecule has 4 heteroatoms. The number of carbonyl (C=O) groups is 1. The standard InChI is InChI=1S/C15H17N3O/c1-11-5-4-6-14(16-11)15(19)17-12-7-9-13(10-8-12)18(2)3/h4-10H,1-3H3,(H,17,19). The zero-order valence-electron chi connectivity index (χ0n) is 11.3. The lowest BCUT2D eigenvalue weighted by molar-refractivity contribution is 0.102. The molecule has 1 amide bonds. The van der Waals surface area contributed by atoms with Gasteiger partial charge >= 0.3 is 0 Å². The Kier molecular flexibility index (Phi) is 3.80. The van der Waals surface area contributed by atoms with Crippen LogP contribution in [0.3, 0.4) is 0 Å². The lowest BCUT2D eigenvalue weighted by atomic mass is 10.2. The fourth-order valence-electron chi connectivity index (χ4n) is 1.71. The molecule has 1 heterocycles. The molecule has 0 aliphatic rings. The number of amides is 1. The summed E-state index contributed by atoms with van der Waals surface area (Å²) in [6.45, 7) is 1.86. The van der Waals surface area contributed by atoms with Crippen LogP contribution in [0.2, 0.25) is 0 Å². The predicted octanol–water partition coefficient (Wildman–Crippen LogP) is 2.71. The van der Waals surface area contributed by atoms with Gasteiger partial charge in [-0.1, -0.05) is 6.07 Å². The SMILES string of the molecule is Cc1cccc(C(=O)Nc2ccc(N(C)C)cc2)n1. The Morgan fingerprint density at radius 2 is 1.79 bits per heavy atom. The van der Waals surface area contributed by atoms with Crippen LogP contribution in [0.1, 0.15) is 16.2 Å². The van der Waals surface area contributed by atoms with Crippen LogP contribution in [-0.2, 0) is 0 Å². The fraction of sp³-hybridized carbons (Fsp3) is 0.200. The number of benzene rings is 1. The minimum absolute atomic E-state index is 0.193. The summed E-state index contributed by atoms with van der Waals surface area (Å²) in [5, 5.41) is 2.83. The molecule has 19 heavy (non-hydrogen) atoms. The third kappa shape index (κ3) is 3.31. The highest BCUT2D eigenvalue weighted by Crippen LogP contribution is 2.16. The molecule has 0 saturated carbocycles. The van der Waals surface area contributed by atoms with Gasteiger partial charge in [0.1, 0.15) is 5.69 Å². The number of nitrogens with one attached hydrogen (secondary N) is 1. The van der Waals surface area contributed by atoms with E-state index in [-0.39, 0.29) is 5.91 Å². The molecule has 2 aromatic rings. The highest BCUT2D eigenvalue weighted by Gasteiger charge is 2.07. The maximum Gasteiger partial charge on any atom is 0.274 e. The van der Waals surface area contributed by atoms with E-state index in [1.165, 1.54) is 0 Å². The first kappa shape index (κ1) is 13.1. The number of nitrogens with zero attached hydrogens (tertiary/aromatic N) is 2. The third-order valence-electron chi connectivity index (χ3n) is 2.76. The van der Waals surface area contributed by atoms with Gasteiger partial charge in [0.25, 0.3) is 5.91 Å². The highest BCUT2D eigenvalue weighted by molar-refractivity contribution is 6.02. The van der Waals surface area contributed by atoms with Crippen molar-refractivity contribution in [1.29, 1.82) is 0 Å². The van der Waals surface area contributed by atoms with Gasteiger partial charge in [-0.3, -0.25) is 4.79 Å². The Bertz CT molecular complexity index is 576. The van der Waals surface area contributed by atoms with Crippen molar-refractivity contribution in [1.82, 2.24) is 4.98 Å². The van der Waals surface area contributed by atoms with Gasteiger partial charge in [-0.2, -0.15) is 0 Å². The van der Waals surface area contributed by atoms with E-state index in [9.17, 15) is 4.79 Å². The molecule has 0 unspecified atom stereocenters. The average molecular weight is 255 g/mol. The number of rotatable bonds is 3. The molecule has 0 fully saturated rings. The molecule has 1 N–H and O–H groups in total. The maximum atomic E-state index is 12.0. The van der Waals surface area contributed by atoms with Crippen LogP contribution in [0.4, 0.5) is 11.4 Å². The van der Waals surface area contributed by atoms with Crippen LogP contribution in [0.15, 0.2) is 42.5 Å². The van der Waals surface area contributed by atoms with E-state index >= 15 is 0 Å². The molecule has 0 aliphatic carbocycles. The zero-order chi connectivity index (χ0) is 13.8. The second-order valence-electron chi connectivity index (χ2n) is 4.56. The quantitative estimate of drug-likeness (QED) is 0.917. The summed E-state index contributed by atoms with van der Waals surface area (Å²) in [7, 11) is 3.95. The molecular weight excluding hydrogens is 238 g/mol. The number of carbonyl (C=O) groups excluding carboxylic acids is 1. The summed E-state index contributed by atoms with van der Waals surface area (Å²) in [5.41, 5.74) is 3.11. The molecule has 98 valence electrons. The second-order valence-corrected chi connectivity index (χ2v) is 4.56. The van der Waals surface area contributed by atoms with Crippen molar-refractivity contribution in [2.24, 2.45) is 0 Å². The highest BCUT2D eigenvalue weighted by atomic mass is 16.1. The fourth-order valence-corrected chi connectivity index (χ4v) is 1.71. The van der Waals surface area contributed by atoms with Crippen LogP contribution < -0.4 is 10.2 Å². The lowest BCUT2D eigenvalue weighted by Gasteiger charge is -2.13. The van der Waals surface area contributed by atoms with Crippen molar-refractivity contribution >= 4 is 17.3 Å². The molecule has 0 spiro atoms. The first-order valence-electron chi connectivity index (χ1n) is 6.08. The molecule has 1 aromatic carbocycles. The number of hydrogen-bond acceptors (Lipinski definition) is 3. The van der Waals surface area contributed by atoms with Gasteiger partial charge in [0.15, 0.2) is 0 Å². The summed E-state index contributed by atoms with van der Waals surface area (Å²) < 4.78 is 0. The molecule has 4 nitrogen and oxygen atoms in total. The van der Waals surface area contributed by atoms with Crippen molar-refractivity contribution in [2.75, 3.05) is 24.3 Å². The number of aryl methyl sites for hydroxylation is 1. The minimum atomic E-state index is -0.193. The van der Waals surface area contributed by atoms with Crippen molar-refractivity contribution < 1.29 is 4.79 Å². The van der Waals surface area contributed by atoms with Gasteiger partial charge in [0.2, 0.25) is 0 Å². The van der Waals surface area contributed by atoms with Crippen LogP contribution >= 0.6 is 0 Å². The zero-order valence-corrected chi connectivity index (χ0v) is 11.3. The van der Waals surface area contributed by atoms with E-state index in [1.54, 1.807) is 6.07 Å². The Hall–Kier alpha value is -2.36. The van der Waals surface area contributed by atoms with Gasteiger partial charge in [0, 0.05) is 31.2 Å². The van der Waals surface area contributed by atoms with E-state index in [4.69, 9.17) is 0 Å². The van der Waals surface area contributed by atoms with Gasteiger partial charge in [0.05, 0.1) is 0 Å². The molecule has 0 aliphatic heterocycles. The molecule has 0 radical (unpaired) electrons. The molecule has 0 bridgehead atoms. The van der Waals surface area contributed by atoms with E-state index in [0.717, 1.165) is 17.1 Å². The third-order valence-corrected chi connectivity index (χ3v) is 2.76. The monoisotopic (exact) mass is 255 g/mol. The van der Waals surface area contributed by atoms with Crippen LogP contribution in [0.5, 0.6) is 0 Å². The number of pyridine rings is 1. The number of hydrogen-bond donors (Lipinski definition) is 1. The first-order chi connectivity index (χ1) is 9.06. The van der Waals surface area contributed by atoms with Gasteiger partial charge in [-0.15, -0.1) is 0 Å². The minimum Gasteiger partial charge on any atom is -0.378 e. The van der Waals surface area contributed by atoms with Crippen molar-refractivity contribution in [2.45, 2.75) is 6.92 Å². The first-order valence-corrected chi connectivity index (χ1v) is 6.08. The molecule has 0 atom stereocenters. The van der Waals surface area contributed by atoms with E-state index in [1.807, 2.05) is 62.3 Å². The summed E-state index contributed by atoms with van der Waals surface area (Å²) in [6.07, 6.45) is 0. The summed E-state index contributed by atoms with van der Waals surface area (Å²) >= 11 is 0. The Morgan fingerprint density at radius 3 is 2.37 bits per heavy atom. The van der Waals surface area contributed by atoms with E-state index in [0.29, 0.717) is 5.69 Å². The van der Waals surface area contributed by atoms with E-state index < -0.39 is 0 Å². The Labute approximate surface area is 113 Å². The number of aromatic nitrogens is 1. The van der Waals surface area contributed by atoms with Crippen molar-refractivity contribution in [3.05, 3.63) is 53.9 Å². The van der Waals surface area contributed by atoms with Gasteiger partial charge in [-0.05, 0) is 43.3 Å². The molecule has 1 aromatic heterocycles. The topological polar surface area (TPSA) is 45.2 Å². The van der Waals surface area contributed by atoms with Crippen LogP contribution in [0.25, 0.3) is 0 Å². The maximum absolute atomic E-state index is 12.0. The molecule has 0 saturated heterocycles. The Balaban J connectivity index is 2.10. The van der Waals surface area contributed by atoms with Crippen molar-refractivity contribution in [3.8, 4) is 0 Å². The van der Waals surface area contributed by atoms with Crippen LogP contribution in [0, 0.1) is 6.92 Å². The predicted molar refractivity (Wildman–Crippen MR) is 77.7 cm³/mol. The average Bonchev–Trinajstić information content (AvgIpc) is 2.39. The molecule has 2 rings (SSSR count). The Morgan fingerprint density at radius 1 is 1.11 bits per heavy atom. The van der Waals surface area contributed by atoms with E-state index in [2.05, 4.69) is 10.3 Å². The van der Waals surface area contributed by atoms with Gasteiger partial charge in [-0.25, -0.2) is 4.98 Å². The number of anilines is 2. The summed E-state index contributed by atoms with van der Waals surface area (Å²) in [4.78, 5) is 18.2. The lowest BCUT2D eigenvalue weighted by Crippen LogP contribution is -2.14. The summed E-state index contributed by atoms with van der Waals surface area (Å²) in [6, 6.07) is 13.1. The largest absolute Gasteiger partial charge is 0.378 e. The normalized spacial score (nSPS) is 10.1. The van der Waals surface area contributed by atoms with Crippen molar-refractivity contribution in [3.63, 3.8) is 0 Å². The summed E-state index contributed by atoms with van der Waals surface area (Å²) in [5.74, 6) is -0.193.